The van der Waals surface area contributed by atoms with Gasteiger partial charge in [0.1, 0.15) is 0 Å². The van der Waals surface area contributed by atoms with Gasteiger partial charge in [-0.1, -0.05) is 34.1 Å². The Morgan fingerprint density at radius 1 is 1.14 bits per heavy atom. The van der Waals surface area contributed by atoms with Crippen LogP contribution in [0, 0.1) is 6.92 Å². The number of benzene rings is 2. The SMILES string of the molecule is Cc1nnnn1-c1cccc(NCc2ccc(Br)cc2)c1. The van der Waals surface area contributed by atoms with Crippen LogP contribution in [-0.4, -0.2) is 20.2 Å². The minimum atomic E-state index is 0.764. The lowest BCUT2D eigenvalue weighted by Gasteiger charge is -2.09. The molecule has 1 aromatic heterocycles. The summed E-state index contributed by atoms with van der Waals surface area (Å²) in [6.07, 6.45) is 0. The summed E-state index contributed by atoms with van der Waals surface area (Å²) in [5, 5.41) is 15.0. The summed E-state index contributed by atoms with van der Waals surface area (Å²) < 4.78 is 2.80. The maximum absolute atomic E-state index is 3.98. The maximum Gasteiger partial charge on any atom is 0.153 e. The third kappa shape index (κ3) is 3.28. The van der Waals surface area contributed by atoms with Crippen molar-refractivity contribution in [3.63, 3.8) is 0 Å². The zero-order chi connectivity index (χ0) is 14.7. The largest absolute Gasteiger partial charge is 0.381 e. The molecule has 6 heteroatoms. The maximum atomic E-state index is 3.98. The molecule has 0 bridgehead atoms. The molecule has 0 fully saturated rings. The highest BCUT2D eigenvalue weighted by molar-refractivity contribution is 9.10. The summed E-state index contributed by atoms with van der Waals surface area (Å²) in [5.74, 6) is 0.764. The fourth-order valence-corrected chi connectivity index (χ4v) is 2.29. The van der Waals surface area contributed by atoms with Gasteiger partial charge < -0.3 is 5.32 Å². The molecule has 0 atom stereocenters. The van der Waals surface area contributed by atoms with Gasteiger partial charge in [0.2, 0.25) is 0 Å². The molecule has 2 aromatic carbocycles. The molecule has 0 aliphatic rings. The lowest BCUT2D eigenvalue weighted by Crippen LogP contribution is -2.02. The van der Waals surface area contributed by atoms with E-state index in [-0.39, 0.29) is 0 Å². The molecule has 0 amide bonds. The average Bonchev–Trinajstić information content (AvgIpc) is 2.93. The van der Waals surface area contributed by atoms with Crippen molar-refractivity contribution in [1.82, 2.24) is 20.2 Å². The van der Waals surface area contributed by atoms with Crippen LogP contribution in [0.1, 0.15) is 11.4 Å². The fraction of sp³-hybridized carbons (Fsp3) is 0.133. The summed E-state index contributed by atoms with van der Waals surface area (Å²) in [7, 11) is 0. The molecule has 5 nitrogen and oxygen atoms in total. The fourth-order valence-electron chi connectivity index (χ4n) is 2.02. The predicted molar refractivity (Wildman–Crippen MR) is 85.4 cm³/mol. The normalized spacial score (nSPS) is 10.6. The first kappa shape index (κ1) is 13.8. The Morgan fingerprint density at radius 3 is 2.67 bits per heavy atom. The zero-order valence-corrected chi connectivity index (χ0v) is 13.1. The minimum Gasteiger partial charge on any atom is -0.381 e. The van der Waals surface area contributed by atoms with Crippen molar-refractivity contribution in [1.29, 1.82) is 0 Å². The molecular weight excluding hydrogens is 330 g/mol. The second-order valence-corrected chi connectivity index (χ2v) is 5.58. The van der Waals surface area contributed by atoms with Crippen LogP contribution in [0.5, 0.6) is 0 Å². The van der Waals surface area contributed by atoms with Gasteiger partial charge in [0.15, 0.2) is 5.82 Å². The van der Waals surface area contributed by atoms with E-state index in [9.17, 15) is 0 Å². The Balaban J connectivity index is 1.74. The zero-order valence-electron chi connectivity index (χ0n) is 11.5. The third-order valence-corrected chi connectivity index (χ3v) is 3.65. The molecule has 0 unspecified atom stereocenters. The van der Waals surface area contributed by atoms with E-state index in [1.807, 2.05) is 43.3 Å². The smallest absolute Gasteiger partial charge is 0.153 e. The minimum absolute atomic E-state index is 0.764. The highest BCUT2D eigenvalue weighted by atomic mass is 79.9. The van der Waals surface area contributed by atoms with Crippen LogP contribution >= 0.6 is 15.9 Å². The lowest BCUT2D eigenvalue weighted by molar-refractivity contribution is 0.779. The Labute approximate surface area is 131 Å². The van der Waals surface area contributed by atoms with Crippen molar-refractivity contribution >= 4 is 21.6 Å². The van der Waals surface area contributed by atoms with Crippen molar-refractivity contribution in [2.75, 3.05) is 5.32 Å². The summed E-state index contributed by atoms with van der Waals surface area (Å²) in [5.41, 5.74) is 3.20. The highest BCUT2D eigenvalue weighted by Crippen LogP contribution is 2.16. The quantitative estimate of drug-likeness (QED) is 0.789. The van der Waals surface area contributed by atoms with E-state index in [2.05, 4.69) is 48.9 Å². The van der Waals surface area contributed by atoms with Crippen molar-refractivity contribution in [2.45, 2.75) is 13.5 Å². The van der Waals surface area contributed by atoms with Gasteiger partial charge in [-0.2, -0.15) is 4.68 Å². The number of hydrogen-bond donors (Lipinski definition) is 1. The number of aromatic nitrogens is 4. The van der Waals surface area contributed by atoms with Crippen LogP contribution in [0.25, 0.3) is 5.69 Å². The summed E-state index contributed by atoms with van der Waals surface area (Å²) in [6, 6.07) is 16.3. The van der Waals surface area contributed by atoms with Gasteiger partial charge in [-0.15, -0.1) is 5.10 Å². The second-order valence-electron chi connectivity index (χ2n) is 4.67. The average molecular weight is 344 g/mol. The molecule has 0 radical (unpaired) electrons. The Kier molecular flexibility index (Phi) is 3.96. The molecular formula is C15H14BrN5. The molecule has 0 aliphatic heterocycles. The van der Waals surface area contributed by atoms with Gasteiger partial charge >= 0.3 is 0 Å². The van der Waals surface area contributed by atoms with Gasteiger partial charge in [0, 0.05) is 16.7 Å². The topological polar surface area (TPSA) is 55.6 Å². The van der Waals surface area contributed by atoms with E-state index in [4.69, 9.17) is 0 Å². The van der Waals surface area contributed by atoms with Crippen molar-refractivity contribution < 1.29 is 0 Å². The van der Waals surface area contributed by atoms with Crippen molar-refractivity contribution in [2.24, 2.45) is 0 Å². The number of hydrogen-bond acceptors (Lipinski definition) is 4. The van der Waals surface area contributed by atoms with Gasteiger partial charge in [-0.25, -0.2) is 0 Å². The predicted octanol–water partition coefficient (Wildman–Crippen LogP) is 3.35. The van der Waals surface area contributed by atoms with Crippen molar-refractivity contribution in [3.05, 3.63) is 64.4 Å². The summed E-state index contributed by atoms with van der Waals surface area (Å²) in [4.78, 5) is 0. The van der Waals surface area contributed by atoms with Crippen LogP contribution in [0.15, 0.2) is 53.0 Å². The molecule has 0 saturated heterocycles. The number of rotatable bonds is 4. The first-order chi connectivity index (χ1) is 10.2. The Morgan fingerprint density at radius 2 is 1.95 bits per heavy atom. The van der Waals surface area contributed by atoms with Crippen LogP contribution in [0.2, 0.25) is 0 Å². The molecule has 21 heavy (non-hydrogen) atoms. The van der Waals surface area contributed by atoms with Crippen LogP contribution in [0.3, 0.4) is 0 Å². The molecule has 0 saturated carbocycles. The molecule has 0 aliphatic carbocycles. The van der Waals surface area contributed by atoms with Crippen molar-refractivity contribution in [3.8, 4) is 5.69 Å². The van der Waals surface area contributed by atoms with E-state index in [0.717, 1.165) is 28.2 Å². The summed E-state index contributed by atoms with van der Waals surface area (Å²) >= 11 is 3.44. The van der Waals surface area contributed by atoms with Gasteiger partial charge in [-0.3, -0.25) is 0 Å². The van der Waals surface area contributed by atoms with E-state index < -0.39 is 0 Å². The Hall–Kier alpha value is -2.21. The number of nitrogens with one attached hydrogen (secondary N) is 1. The second kappa shape index (κ2) is 6.05. The van der Waals surface area contributed by atoms with Gasteiger partial charge in [0.25, 0.3) is 0 Å². The molecule has 3 aromatic rings. The first-order valence-electron chi connectivity index (χ1n) is 6.56. The first-order valence-corrected chi connectivity index (χ1v) is 7.35. The molecule has 1 heterocycles. The highest BCUT2D eigenvalue weighted by Gasteiger charge is 2.04. The standard InChI is InChI=1S/C15H14BrN5/c1-11-18-19-20-21(11)15-4-2-3-14(9-15)17-10-12-5-7-13(16)8-6-12/h2-9,17H,10H2,1H3. The molecule has 0 spiro atoms. The van der Waals surface area contributed by atoms with Crippen LogP contribution < -0.4 is 5.32 Å². The van der Waals surface area contributed by atoms with E-state index in [1.165, 1.54) is 5.56 Å². The summed E-state index contributed by atoms with van der Waals surface area (Å²) in [6.45, 7) is 2.65. The van der Waals surface area contributed by atoms with E-state index in [1.54, 1.807) is 4.68 Å². The number of halogens is 1. The van der Waals surface area contributed by atoms with E-state index >= 15 is 0 Å². The Bertz CT molecular complexity index is 736. The van der Waals surface area contributed by atoms with Gasteiger partial charge in [0.05, 0.1) is 5.69 Å². The lowest BCUT2D eigenvalue weighted by atomic mass is 10.2. The number of anilines is 1. The number of aryl methyl sites for hydroxylation is 1. The monoisotopic (exact) mass is 343 g/mol. The molecule has 3 rings (SSSR count). The molecule has 106 valence electrons. The molecule has 1 N–H and O–H groups in total. The van der Waals surface area contributed by atoms with Crippen LogP contribution in [0.4, 0.5) is 5.69 Å². The third-order valence-electron chi connectivity index (χ3n) is 3.13. The number of nitrogens with zero attached hydrogens (tertiary/aromatic N) is 4. The van der Waals surface area contributed by atoms with E-state index in [0.29, 0.717) is 0 Å². The van der Waals surface area contributed by atoms with Crippen LogP contribution in [-0.2, 0) is 6.54 Å². The van der Waals surface area contributed by atoms with Gasteiger partial charge in [-0.05, 0) is 53.2 Å². The number of tetrazole rings is 1.